The van der Waals surface area contributed by atoms with Crippen LogP contribution in [0.5, 0.6) is 0 Å². The van der Waals surface area contributed by atoms with Crippen LogP contribution in [0.25, 0.3) is 0 Å². The molecular weight excluding hydrogens is 162 g/mol. The maximum absolute atomic E-state index is 4.22. The van der Waals surface area contributed by atoms with Crippen LogP contribution in [0.3, 0.4) is 0 Å². The van der Waals surface area contributed by atoms with Gasteiger partial charge < -0.3 is 5.43 Å². The number of hydrogen-bond acceptors (Lipinski definition) is 3. The molecule has 13 heavy (non-hydrogen) atoms. The van der Waals surface area contributed by atoms with E-state index in [0.717, 1.165) is 18.9 Å². The van der Waals surface area contributed by atoms with Crippen molar-refractivity contribution in [3.63, 3.8) is 0 Å². The molecule has 0 atom stereocenters. The molecule has 70 valence electrons. The van der Waals surface area contributed by atoms with Crippen LogP contribution in [0.4, 0.5) is 5.82 Å². The average molecular weight is 177 g/mol. The second-order valence-electron chi connectivity index (χ2n) is 3.37. The molecule has 1 aliphatic rings. The Morgan fingerprint density at radius 2 is 2.00 bits per heavy atom. The molecule has 1 aliphatic heterocycles. The Morgan fingerprint density at radius 1 is 1.15 bits per heavy atom. The van der Waals surface area contributed by atoms with Gasteiger partial charge in [0.2, 0.25) is 0 Å². The van der Waals surface area contributed by atoms with Gasteiger partial charge in [-0.15, -0.1) is 0 Å². The van der Waals surface area contributed by atoms with Crippen LogP contribution in [0, 0.1) is 0 Å². The quantitative estimate of drug-likeness (QED) is 0.747. The summed E-state index contributed by atoms with van der Waals surface area (Å²) in [7, 11) is 0. The van der Waals surface area contributed by atoms with Crippen molar-refractivity contribution in [2.45, 2.75) is 19.3 Å². The predicted octanol–water partition coefficient (Wildman–Crippen LogP) is 1.89. The number of hydrazine groups is 1. The van der Waals surface area contributed by atoms with Gasteiger partial charge in [0.15, 0.2) is 0 Å². The molecule has 0 aromatic carbocycles. The number of piperidine rings is 1. The fourth-order valence-corrected chi connectivity index (χ4v) is 1.60. The molecular formula is C10H15N3. The van der Waals surface area contributed by atoms with Crippen molar-refractivity contribution in [3.8, 4) is 0 Å². The summed E-state index contributed by atoms with van der Waals surface area (Å²) in [6.45, 7) is 2.27. The maximum atomic E-state index is 4.22. The van der Waals surface area contributed by atoms with Crippen molar-refractivity contribution in [3.05, 3.63) is 24.4 Å². The van der Waals surface area contributed by atoms with Crippen molar-refractivity contribution >= 4 is 5.82 Å². The zero-order valence-electron chi connectivity index (χ0n) is 7.74. The van der Waals surface area contributed by atoms with Gasteiger partial charge in [-0.2, -0.15) is 0 Å². The van der Waals surface area contributed by atoms with E-state index in [1.807, 2.05) is 24.4 Å². The molecule has 3 heteroatoms. The molecule has 0 amide bonds. The maximum Gasteiger partial charge on any atom is 0.140 e. The number of aromatic nitrogens is 1. The Balaban J connectivity index is 1.90. The first-order valence-corrected chi connectivity index (χ1v) is 4.88. The summed E-state index contributed by atoms with van der Waals surface area (Å²) in [4.78, 5) is 4.22. The summed E-state index contributed by atoms with van der Waals surface area (Å²) in [5.41, 5.74) is 3.30. The van der Waals surface area contributed by atoms with Crippen LogP contribution in [0.1, 0.15) is 19.3 Å². The summed E-state index contributed by atoms with van der Waals surface area (Å²) in [6.07, 6.45) is 5.76. The van der Waals surface area contributed by atoms with E-state index in [-0.39, 0.29) is 0 Å². The highest BCUT2D eigenvalue weighted by Crippen LogP contribution is 2.10. The lowest BCUT2D eigenvalue weighted by atomic mass is 10.2. The number of hydrogen-bond donors (Lipinski definition) is 1. The Morgan fingerprint density at radius 3 is 2.69 bits per heavy atom. The number of rotatable bonds is 2. The second-order valence-corrected chi connectivity index (χ2v) is 3.37. The summed E-state index contributed by atoms with van der Waals surface area (Å²) >= 11 is 0. The Kier molecular flexibility index (Phi) is 2.77. The average Bonchev–Trinajstić information content (AvgIpc) is 2.21. The molecule has 1 saturated heterocycles. The first kappa shape index (κ1) is 8.51. The van der Waals surface area contributed by atoms with Gasteiger partial charge in [0, 0.05) is 19.3 Å². The fourth-order valence-electron chi connectivity index (χ4n) is 1.60. The van der Waals surface area contributed by atoms with E-state index in [0.29, 0.717) is 0 Å². The summed E-state index contributed by atoms with van der Waals surface area (Å²) in [6, 6.07) is 5.93. The van der Waals surface area contributed by atoms with Gasteiger partial charge in [-0.05, 0) is 25.0 Å². The van der Waals surface area contributed by atoms with Crippen molar-refractivity contribution in [1.82, 2.24) is 9.99 Å². The molecule has 0 unspecified atom stereocenters. The predicted molar refractivity (Wildman–Crippen MR) is 53.3 cm³/mol. The molecule has 1 aromatic rings. The van der Waals surface area contributed by atoms with E-state index in [1.54, 1.807) is 0 Å². The van der Waals surface area contributed by atoms with E-state index >= 15 is 0 Å². The molecule has 0 saturated carbocycles. The van der Waals surface area contributed by atoms with Crippen LogP contribution in [-0.2, 0) is 0 Å². The van der Waals surface area contributed by atoms with E-state index in [1.165, 1.54) is 19.3 Å². The van der Waals surface area contributed by atoms with Gasteiger partial charge in [0.1, 0.15) is 5.82 Å². The lowest BCUT2D eigenvalue weighted by Crippen LogP contribution is -2.35. The molecule has 3 nitrogen and oxygen atoms in total. The smallest absolute Gasteiger partial charge is 0.140 e. The van der Waals surface area contributed by atoms with Gasteiger partial charge in [0.25, 0.3) is 0 Å². The number of anilines is 1. The Bertz CT molecular complexity index is 242. The number of nitrogens with zero attached hydrogens (tertiary/aromatic N) is 2. The monoisotopic (exact) mass is 177 g/mol. The molecule has 1 N–H and O–H groups in total. The highest BCUT2D eigenvalue weighted by molar-refractivity contribution is 5.31. The topological polar surface area (TPSA) is 28.2 Å². The minimum Gasteiger partial charge on any atom is -0.303 e. The third-order valence-electron chi connectivity index (χ3n) is 2.29. The fraction of sp³-hybridized carbons (Fsp3) is 0.500. The first-order chi connectivity index (χ1) is 6.45. The number of nitrogens with one attached hydrogen (secondary N) is 1. The van der Waals surface area contributed by atoms with Crippen molar-refractivity contribution < 1.29 is 0 Å². The third-order valence-corrected chi connectivity index (χ3v) is 2.29. The van der Waals surface area contributed by atoms with Gasteiger partial charge >= 0.3 is 0 Å². The lowest BCUT2D eigenvalue weighted by molar-refractivity contribution is 0.272. The van der Waals surface area contributed by atoms with E-state index < -0.39 is 0 Å². The molecule has 0 spiro atoms. The van der Waals surface area contributed by atoms with Crippen molar-refractivity contribution in [2.24, 2.45) is 0 Å². The SMILES string of the molecule is c1ccc(NN2CCCCC2)nc1. The van der Waals surface area contributed by atoms with Gasteiger partial charge in [-0.3, -0.25) is 0 Å². The normalized spacial score (nSPS) is 18.5. The molecule has 0 bridgehead atoms. The molecule has 1 fully saturated rings. The Hall–Kier alpha value is -1.09. The van der Waals surface area contributed by atoms with E-state index in [4.69, 9.17) is 0 Å². The number of pyridine rings is 1. The summed E-state index contributed by atoms with van der Waals surface area (Å²) in [5.74, 6) is 0.949. The standard InChI is InChI=1S/C10H15N3/c1-4-8-13(9-5-1)12-10-6-2-3-7-11-10/h2-3,6-7H,1,4-5,8-9H2,(H,11,12). The lowest BCUT2D eigenvalue weighted by Gasteiger charge is -2.27. The van der Waals surface area contributed by atoms with E-state index in [9.17, 15) is 0 Å². The van der Waals surface area contributed by atoms with Crippen LogP contribution >= 0.6 is 0 Å². The molecule has 2 heterocycles. The van der Waals surface area contributed by atoms with Crippen LogP contribution in [0.15, 0.2) is 24.4 Å². The van der Waals surface area contributed by atoms with Crippen molar-refractivity contribution in [2.75, 3.05) is 18.5 Å². The zero-order valence-corrected chi connectivity index (χ0v) is 7.74. The van der Waals surface area contributed by atoms with Crippen LogP contribution < -0.4 is 5.43 Å². The Labute approximate surface area is 78.7 Å². The van der Waals surface area contributed by atoms with Crippen LogP contribution in [-0.4, -0.2) is 23.1 Å². The van der Waals surface area contributed by atoms with Crippen LogP contribution in [0.2, 0.25) is 0 Å². The third kappa shape index (κ3) is 2.42. The second kappa shape index (κ2) is 4.23. The van der Waals surface area contributed by atoms with Crippen molar-refractivity contribution in [1.29, 1.82) is 0 Å². The summed E-state index contributed by atoms with van der Waals surface area (Å²) in [5, 5.41) is 2.24. The summed E-state index contributed by atoms with van der Waals surface area (Å²) < 4.78 is 0. The molecule has 2 rings (SSSR count). The van der Waals surface area contributed by atoms with Gasteiger partial charge in [0.05, 0.1) is 0 Å². The molecule has 0 aliphatic carbocycles. The van der Waals surface area contributed by atoms with Gasteiger partial charge in [-0.25, -0.2) is 9.99 Å². The minimum atomic E-state index is 0.949. The zero-order chi connectivity index (χ0) is 8.93. The molecule has 1 aromatic heterocycles. The highest BCUT2D eigenvalue weighted by atomic mass is 15.5. The van der Waals surface area contributed by atoms with E-state index in [2.05, 4.69) is 15.4 Å². The van der Waals surface area contributed by atoms with Gasteiger partial charge in [-0.1, -0.05) is 12.5 Å². The first-order valence-electron chi connectivity index (χ1n) is 4.88. The highest BCUT2D eigenvalue weighted by Gasteiger charge is 2.09. The minimum absolute atomic E-state index is 0.949. The molecule has 0 radical (unpaired) electrons. The largest absolute Gasteiger partial charge is 0.303 e.